The first-order valence-electron chi connectivity index (χ1n) is 5.49. The second-order valence-corrected chi connectivity index (χ2v) is 4.07. The van der Waals surface area contributed by atoms with Gasteiger partial charge in [0.15, 0.2) is 0 Å². The van der Waals surface area contributed by atoms with Gasteiger partial charge in [-0.2, -0.15) is 13.2 Å². The Morgan fingerprint density at radius 1 is 1.22 bits per heavy atom. The van der Waals surface area contributed by atoms with E-state index in [0.29, 0.717) is 5.56 Å². The summed E-state index contributed by atoms with van der Waals surface area (Å²) >= 11 is 0. The molecule has 0 fully saturated rings. The Bertz CT molecular complexity index is 361. The van der Waals surface area contributed by atoms with E-state index in [4.69, 9.17) is 10.5 Å². The zero-order chi connectivity index (χ0) is 13.8. The summed E-state index contributed by atoms with van der Waals surface area (Å²) in [6.07, 6.45) is -5.96. The second-order valence-electron chi connectivity index (χ2n) is 4.07. The number of rotatable bonds is 5. The highest BCUT2D eigenvalue weighted by molar-refractivity contribution is 5.19. The first kappa shape index (κ1) is 14.9. The van der Waals surface area contributed by atoms with Crippen molar-refractivity contribution in [3.05, 3.63) is 35.6 Å². The number of nitrogens with two attached hydrogens (primary N) is 1. The van der Waals surface area contributed by atoms with E-state index >= 15 is 0 Å². The summed E-state index contributed by atoms with van der Waals surface area (Å²) in [5, 5.41) is 0. The van der Waals surface area contributed by atoms with Gasteiger partial charge in [-0.3, -0.25) is 0 Å². The third-order valence-corrected chi connectivity index (χ3v) is 2.36. The van der Waals surface area contributed by atoms with Crippen molar-refractivity contribution in [2.75, 3.05) is 6.61 Å². The minimum absolute atomic E-state index is 0.419. The number of benzene rings is 1. The summed E-state index contributed by atoms with van der Waals surface area (Å²) < 4.78 is 53.9. The third kappa shape index (κ3) is 5.01. The standard InChI is InChI=1S/C12H15F4NO/c1-8(17)11(18-7-6-12(14,15)16)9-2-4-10(13)5-3-9/h2-5,8,11H,6-7,17H2,1H3. The van der Waals surface area contributed by atoms with Crippen molar-refractivity contribution in [2.24, 2.45) is 5.73 Å². The lowest BCUT2D eigenvalue weighted by molar-refractivity contribution is -0.150. The van der Waals surface area contributed by atoms with E-state index in [-0.39, 0.29) is 0 Å². The first-order chi connectivity index (χ1) is 8.29. The van der Waals surface area contributed by atoms with Crippen LogP contribution in [-0.2, 0) is 4.74 Å². The van der Waals surface area contributed by atoms with Gasteiger partial charge in [-0.1, -0.05) is 12.1 Å². The average molecular weight is 265 g/mol. The molecule has 18 heavy (non-hydrogen) atoms. The van der Waals surface area contributed by atoms with E-state index in [1.807, 2.05) is 0 Å². The van der Waals surface area contributed by atoms with Gasteiger partial charge >= 0.3 is 6.18 Å². The molecule has 0 heterocycles. The lowest BCUT2D eigenvalue weighted by atomic mass is 10.0. The smallest absolute Gasteiger partial charge is 0.372 e. The molecule has 0 saturated carbocycles. The molecule has 0 radical (unpaired) electrons. The van der Waals surface area contributed by atoms with Crippen LogP contribution in [0.5, 0.6) is 0 Å². The van der Waals surface area contributed by atoms with Crippen LogP contribution in [0, 0.1) is 5.82 Å². The van der Waals surface area contributed by atoms with Crippen molar-refractivity contribution in [1.82, 2.24) is 0 Å². The molecule has 2 atom stereocenters. The van der Waals surface area contributed by atoms with Gasteiger partial charge in [0.2, 0.25) is 0 Å². The summed E-state index contributed by atoms with van der Waals surface area (Å²) in [7, 11) is 0. The fourth-order valence-electron chi connectivity index (χ4n) is 1.51. The molecule has 0 aliphatic rings. The van der Waals surface area contributed by atoms with Gasteiger partial charge in [0.05, 0.1) is 19.1 Å². The summed E-state index contributed by atoms with van der Waals surface area (Å²) in [4.78, 5) is 0. The van der Waals surface area contributed by atoms with Gasteiger partial charge in [0.1, 0.15) is 5.82 Å². The zero-order valence-electron chi connectivity index (χ0n) is 9.88. The van der Waals surface area contributed by atoms with Crippen LogP contribution in [0.1, 0.15) is 25.0 Å². The topological polar surface area (TPSA) is 35.2 Å². The number of hydrogen-bond donors (Lipinski definition) is 1. The van der Waals surface area contributed by atoms with E-state index in [9.17, 15) is 17.6 Å². The Morgan fingerprint density at radius 3 is 2.22 bits per heavy atom. The molecule has 0 aromatic heterocycles. The van der Waals surface area contributed by atoms with Crippen molar-refractivity contribution in [2.45, 2.75) is 31.7 Å². The molecule has 102 valence electrons. The maximum Gasteiger partial charge on any atom is 0.391 e. The van der Waals surface area contributed by atoms with E-state index < -0.39 is 37.2 Å². The molecule has 1 aromatic rings. The number of hydrogen-bond acceptors (Lipinski definition) is 2. The van der Waals surface area contributed by atoms with Crippen LogP contribution < -0.4 is 5.73 Å². The van der Waals surface area contributed by atoms with Gasteiger partial charge in [0, 0.05) is 6.04 Å². The molecule has 0 bridgehead atoms. The van der Waals surface area contributed by atoms with Crippen molar-refractivity contribution in [1.29, 1.82) is 0 Å². The molecular weight excluding hydrogens is 250 g/mol. The van der Waals surface area contributed by atoms with Crippen LogP contribution in [0.4, 0.5) is 17.6 Å². The van der Waals surface area contributed by atoms with Crippen LogP contribution in [0.25, 0.3) is 0 Å². The SMILES string of the molecule is CC(N)C(OCCC(F)(F)F)c1ccc(F)cc1. The number of ether oxygens (including phenoxy) is 1. The fraction of sp³-hybridized carbons (Fsp3) is 0.500. The quantitative estimate of drug-likeness (QED) is 0.830. The molecule has 0 spiro atoms. The zero-order valence-corrected chi connectivity index (χ0v) is 9.88. The minimum atomic E-state index is -4.26. The predicted molar refractivity (Wildman–Crippen MR) is 59.4 cm³/mol. The van der Waals surface area contributed by atoms with E-state index in [1.165, 1.54) is 24.3 Å². The molecular formula is C12H15F4NO. The molecule has 0 aliphatic heterocycles. The first-order valence-corrected chi connectivity index (χ1v) is 5.49. The normalized spacial score (nSPS) is 15.4. The predicted octanol–water partition coefficient (Wildman–Crippen LogP) is 3.18. The van der Waals surface area contributed by atoms with Gasteiger partial charge in [-0.25, -0.2) is 4.39 Å². The molecule has 1 rings (SSSR count). The van der Waals surface area contributed by atoms with Crippen molar-refractivity contribution < 1.29 is 22.3 Å². The fourth-order valence-corrected chi connectivity index (χ4v) is 1.51. The summed E-state index contributed by atoms with van der Waals surface area (Å²) in [5.41, 5.74) is 6.22. The van der Waals surface area contributed by atoms with Gasteiger partial charge in [-0.15, -0.1) is 0 Å². The average Bonchev–Trinajstić information content (AvgIpc) is 2.24. The van der Waals surface area contributed by atoms with Gasteiger partial charge < -0.3 is 10.5 Å². The Morgan fingerprint density at radius 2 is 1.78 bits per heavy atom. The molecule has 2 nitrogen and oxygen atoms in total. The van der Waals surface area contributed by atoms with Crippen LogP contribution in [-0.4, -0.2) is 18.8 Å². The molecule has 1 aromatic carbocycles. The number of alkyl halides is 3. The summed E-state index contributed by atoms with van der Waals surface area (Å²) in [6, 6.07) is 4.87. The Balaban J connectivity index is 2.63. The highest BCUT2D eigenvalue weighted by atomic mass is 19.4. The highest BCUT2D eigenvalue weighted by Gasteiger charge is 2.28. The maximum absolute atomic E-state index is 12.7. The Labute approximate surface area is 103 Å². The molecule has 0 aliphatic carbocycles. The molecule has 6 heteroatoms. The minimum Gasteiger partial charge on any atom is -0.372 e. The molecule has 2 N–H and O–H groups in total. The van der Waals surface area contributed by atoms with Gasteiger partial charge in [0.25, 0.3) is 0 Å². The summed E-state index contributed by atoms with van der Waals surface area (Å²) in [6.45, 7) is 1.16. The monoisotopic (exact) mass is 265 g/mol. The summed E-state index contributed by atoms with van der Waals surface area (Å²) in [5.74, 6) is -0.419. The van der Waals surface area contributed by atoms with Crippen molar-refractivity contribution in [3.63, 3.8) is 0 Å². The Kier molecular flexibility index (Phi) is 5.10. The van der Waals surface area contributed by atoms with Gasteiger partial charge in [-0.05, 0) is 24.6 Å². The Hall–Kier alpha value is -1.14. The highest BCUT2D eigenvalue weighted by Crippen LogP contribution is 2.24. The van der Waals surface area contributed by atoms with E-state index in [0.717, 1.165) is 0 Å². The molecule has 0 saturated heterocycles. The van der Waals surface area contributed by atoms with Crippen molar-refractivity contribution >= 4 is 0 Å². The van der Waals surface area contributed by atoms with Crippen LogP contribution >= 0.6 is 0 Å². The number of halogens is 4. The second kappa shape index (κ2) is 6.15. The van der Waals surface area contributed by atoms with Crippen LogP contribution in [0.2, 0.25) is 0 Å². The largest absolute Gasteiger partial charge is 0.391 e. The van der Waals surface area contributed by atoms with Crippen LogP contribution in [0.3, 0.4) is 0 Å². The van der Waals surface area contributed by atoms with Crippen LogP contribution in [0.15, 0.2) is 24.3 Å². The van der Waals surface area contributed by atoms with Crippen molar-refractivity contribution in [3.8, 4) is 0 Å². The molecule has 0 amide bonds. The maximum atomic E-state index is 12.7. The van der Waals surface area contributed by atoms with E-state index in [1.54, 1.807) is 6.92 Å². The third-order valence-electron chi connectivity index (χ3n) is 2.36. The van der Waals surface area contributed by atoms with E-state index in [2.05, 4.69) is 0 Å². The lowest BCUT2D eigenvalue weighted by Gasteiger charge is -2.22. The molecule has 2 unspecified atom stereocenters. The lowest BCUT2D eigenvalue weighted by Crippen LogP contribution is -2.28.